The molecule has 0 spiro atoms. The Hall–Kier alpha value is -1.10. The normalized spacial score (nSPS) is 27.5. The maximum atomic E-state index is 10.9. The summed E-state index contributed by atoms with van der Waals surface area (Å²) in [7, 11) is -0.977. The van der Waals surface area contributed by atoms with Gasteiger partial charge in [-0.25, -0.2) is 4.99 Å². The standard InChI is InChI=1S/C6H5N3OS/c10-11-2-1-5-3-8-9-6(5)7-4-11/h1,3-4H,2H2. The van der Waals surface area contributed by atoms with Gasteiger partial charge in [-0.2, -0.15) is 5.10 Å². The van der Waals surface area contributed by atoms with Crippen LogP contribution >= 0.6 is 0 Å². The Balaban J connectivity index is 2.42. The Morgan fingerprint density at radius 2 is 2.45 bits per heavy atom. The molecule has 1 atom stereocenters. The number of fused-ring (bicyclic) bond motifs is 1. The third-order valence-electron chi connectivity index (χ3n) is 1.37. The van der Waals surface area contributed by atoms with E-state index in [2.05, 4.69) is 15.2 Å². The molecule has 0 radical (unpaired) electrons. The summed E-state index contributed by atoms with van der Waals surface area (Å²) in [5, 5.41) is 7.41. The van der Waals surface area contributed by atoms with Gasteiger partial charge >= 0.3 is 0 Å². The molecule has 2 rings (SSSR count). The van der Waals surface area contributed by atoms with E-state index in [0.717, 1.165) is 5.57 Å². The molecule has 4 nitrogen and oxygen atoms in total. The van der Waals surface area contributed by atoms with Crippen molar-refractivity contribution in [1.82, 2.24) is 0 Å². The van der Waals surface area contributed by atoms with Crippen LogP contribution in [-0.2, 0) is 10.8 Å². The summed E-state index contributed by atoms with van der Waals surface area (Å²) in [6.45, 7) is 0. The molecule has 0 bridgehead atoms. The predicted octanol–water partition coefficient (Wildman–Crippen LogP) is 0.101. The molecule has 0 aromatic carbocycles. The Bertz CT molecular complexity index is 327. The lowest BCUT2D eigenvalue weighted by Gasteiger charge is -1.86. The van der Waals surface area contributed by atoms with Gasteiger partial charge < -0.3 is 0 Å². The first-order chi connectivity index (χ1) is 5.36. The highest BCUT2D eigenvalue weighted by atomic mass is 32.2. The number of nitrogens with zero attached hydrogens (tertiary/aromatic N) is 3. The van der Waals surface area contributed by atoms with E-state index in [9.17, 15) is 4.21 Å². The van der Waals surface area contributed by atoms with Gasteiger partial charge in [-0.3, -0.25) is 4.21 Å². The van der Waals surface area contributed by atoms with Gasteiger partial charge in [-0.05, 0) is 0 Å². The summed E-state index contributed by atoms with van der Waals surface area (Å²) in [5.74, 6) is 1.07. The van der Waals surface area contributed by atoms with Crippen molar-refractivity contribution in [3.05, 3.63) is 11.6 Å². The Kier molecular flexibility index (Phi) is 1.50. The van der Waals surface area contributed by atoms with Gasteiger partial charge in [0.05, 0.1) is 22.6 Å². The third-order valence-corrected chi connectivity index (χ3v) is 2.20. The Labute approximate surface area is 65.9 Å². The van der Waals surface area contributed by atoms with E-state index in [1.807, 2.05) is 6.08 Å². The molecule has 1 unspecified atom stereocenters. The fourth-order valence-corrected chi connectivity index (χ4v) is 1.48. The molecule has 11 heavy (non-hydrogen) atoms. The molecule has 56 valence electrons. The van der Waals surface area contributed by atoms with Gasteiger partial charge in [0.15, 0.2) is 5.84 Å². The molecular formula is C6H5N3OS. The number of amidine groups is 1. The zero-order valence-corrected chi connectivity index (χ0v) is 6.41. The smallest absolute Gasteiger partial charge is 0.183 e. The van der Waals surface area contributed by atoms with Crippen LogP contribution < -0.4 is 0 Å². The van der Waals surface area contributed by atoms with Gasteiger partial charge in [0.25, 0.3) is 0 Å². The molecule has 0 saturated heterocycles. The molecule has 0 aliphatic carbocycles. The van der Waals surface area contributed by atoms with Crippen LogP contribution in [0.1, 0.15) is 0 Å². The van der Waals surface area contributed by atoms with Crippen molar-refractivity contribution < 1.29 is 4.21 Å². The fourth-order valence-electron chi connectivity index (χ4n) is 0.829. The number of hydrogen-bond donors (Lipinski definition) is 0. The molecule has 0 fully saturated rings. The molecule has 0 aromatic rings. The molecule has 2 heterocycles. The van der Waals surface area contributed by atoms with E-state index in [1.165, 1.54) is 5.55 Å². The van der Waals surface area contributed by atoms with Crippen molar-refractivity contribution in [3.8, 4) is 0 Å². The van der Waals surface area contributed by atoms with Crippen molar-refractivity contribution in [2.45, 2.75) is 0 Å². The minimum atomic E-state index is -0.977. The first-order valence-corrected chi connectivity index (χ1v) is 4.47. The minimum Gasteiger partial charge on any atom is -0.253 e. The quantitative estimate of drug-likeness (QED) is 0.505. The van der Waals surface area contributed by atoms with Crippen LogP contribution in [0.5, 0.6) is 0 Å². The first kappa shape index (κ1) is 6.60. The van der Waals surface area contributed by atoms with Crippen molar-refractivity contribution >= 4 is 28.4 Å². The van der Waals surface area contributed by atoms with Gasteiger partial charge in [-0.1, -0.05) is 6.08 Å². The van der Waals surface area contributed by atoms with E-state index >= 15 is 0 Å². The van der Waals surface area contributed by atoms with Gasteiger partial charge in [0, 0.05) is 11.3 Å². The third kappa shape index (κ3) is 1.19. The van der Waals surface area contributed by atoms with Crippen LogP contribution in [0.25, 0.3) is 0 Å². The van der Waals surface area contributed by atoms with Crippen molar-refractivity contribution in [2.24, 2.45) is 15.2 Å². The second-order valence-electron chi connectivity index (χ2n) is 2.11. The second kappa shape index (κ2) is 2.50. The maximum Gasteiger partial charge on any atom is 0.183 e. The van der Waals surface area contributed by atoms with Crippen LogP contribution in [0.2, 0.25) is 0 Å². The largest absolute Gasteiger partial charge is 0.253 e. The van der Waals surface area contributed by atoms with E-state index in [1.54, 1.807) is 6.21 Å². The highest BCUT2D eigenvalue weighted by Crippen LogP contribution is 2.07. The molecule has 0 aromatic heterocycles. The van der Waals surface area contributed by atoms with Crippen molar-refractivity contribution in [2.75, 3.05) is 5.75 Å². The lowest BCUT2D eigenvalue weighted by molar-refractivity contribution is 0.692. The average molecular weight is 167 g/mol. The van der Waals surface area contributed by atoms with Gasteiger partial charge in [-0.15, -0.1) is 5.10 Å². The number of hydrogen-bond acceptors (Lipinski definition) is 4. The van der Waals surface area contributed by atoms with Gasteiger partial charge in [0.1, 0.15) is 0 Å². The number of rotatable bonds is 0. The van der Waals surface area contributed by atoms with E-state index < -0.39 is 10.8 Å². The van der Waals surface area contributed by atoms with Crippen LogP contribution in [0, 0.1) is 0 Å². The molecule has 2 aliphatic heterocycles. The molecule has 5 heteroatoms. The summed E-state index contributed by atoms with van der Waals surface area (Å²) in [5.41, 5.74) is 2.27. The van der Waals surface area contributed by atoms with E-state index in [-0.39, 0.29) is 0 Å². The topological polar surface area (TPSA) is 54.1 Å². The SMILES string of the molecule is O=S1C=NC2=NN=CC2=CC1. The van der Waals surface area contributed by atoms with E-state index in [0.29, 0.717) is 11.6 Å². The van der Waals surface area contributed by atoms with Crippen molar-refractivity contribution in [3.63, 3.8) is 0 Å². The monoisotopic (exact) mass is 167 g/mol. The molecule has 0 amide bonds. The van der Waals surface area contributed by atoms with Crippen LogP contribution in [-0.4, -0.2) is 27.6 Å². The van der Waals surface area contributed by atoms with Crippen molar-refractivity contribution in [1.29, 1.82) is 0 Å². The lowest BCUT2D eigenvalue weighted by atomic mass is 10.3. The molecule has 2 aliphatic rings. The second-order valence-corrected chi connectivity index (χ2v) is 3.42. The van der Waals surface area contributed by atoms with Crippen LogP contribution in [0.15, 0.2) is 26.8 Å². The average Bonchev–Trinajstić information content (AvgIpc) is 2.38. The molecular weight excluding hydrogens is 162 g/mol. The zero-order valence-electron chi connectivity index (χ0n) is 5.60. The van der Waals surface area contributed by atoms with E-state index in [4.69, 9.17) is 0 Å². The van der Waals surface area contributed by atoms with Gasteiger partial charge in [0.2, 0.25) is 0 Å². The molecule has 0 N–H and O–H groups in total. The number of aliphatic imine (C=N–C) groups is 1. The lowest BCUT2D eigenvalue weighted by Crippen LogP contribution is -1.93. The van der Waals surface area contributed by atoms with Crippen LogP contribution in [0.4, 0.5) is 0 Å². The summed E-state index contributed by atoms with van der Waals surface area (Å²) in [4.78, 5) is 3.90. The first-order valence-electron chi connectivity index (χ1n) is 3.09. The minimum absolute atomic E-state index is 0.504. The fraction of sp³-hybridized carbons (Fsp3) is 0.167. The zero-order chi connectivity index (χ0) is 7.68. The summed E-state index contributed by atoms with van der Waals surface area (Å²) < 4.78 is 10.9. The predicted molar refractivity (Wildman–Crippen MR) is 45.5 cm³/mol. The molecule has 0 saturated carbocycles. The highest BCUT2D eigenvalue weighted by Gasteiger charge is 2.11. The highest BCUT2D eigenvalue weighted by molar-refractivity contribution is 7.98. The Morgan fingerprint density at radius 1 is 1.55 bits per heavy atom. The summed E-state index contributed by atoms with van der Waals surface area (Å²) in [6.07, 6.45) is 3.45. The maximum absolute atomic E-state index is 10.9. The Morgan fingerprint density at radius 3 is 3.36 bits per heavy atom. The summed E-state index contributed by atoms with van der Waals surface area (Å²) in [6, 6.07) is 0. The summed E-state index contributed by atoms with van der Waals surface area (Å²) >= 11 is 0. The van der Waals surface area contributed by atoms with Crippen LogP contribution in [0.3, 0.4) is 0 Å².